The predicted molar refractivity (Wildman–Crippen MR) is 155 cm³/mol. The number of amides is 3. The number of rotatable bonds is 16. The number of carbonyl (C=O) groups excluding carboxylic acids is 3. The molecule has 0 aliphatic rings. The summed E-state index contributed by atoms with van der Waals surface area (Å²) in [5.74, 6) is -0.645. The number of nitrogens with one attached hydrogen (secondary N) is 2. The van der Waals surface area contributed by atoms with E-state index >= 15 is 0 Å². The molecule has 7 nitrogen and oxygen atoms in total. The zero-order valence-corrected chi connectivity index (χ0v) is 25.2. The number of alkyl carbamates (subject to hydrolysis) is 1. The average Bonchev–Trinajstić information content (AvgIpc) is 2.82. The van der Waals surface area contributed by atoms with Crippen molar-refractivity contribution in [1.82, 2.24) is 15.5 Å². The van der Waals surface area contributed by atoms with E-state index in [4.69, 9.17) is 4.74 Å². The number of unbranched alkanes of at least 4 members (excludes halogenated alkanes) is 6. The van der Waals surface area contributed by atoms with Crippen LogP contribution in [0.1, 0.15) is 117 Å². The molecule has 216 valence electrons. The Bertz CT molecular complexity index is 863. The van der Waals surface area contributed by atoms with Crippen molar-refractivity contribution in [3.05, 3.63) is 35.4 Å². The molecule has 3 amide bonds. The smallest absolute Gasteiger partial charge is 0.408 e. The third-order valence-electron chi connectivity index (χ3n) is 6.39. The fraction of sp³-hybridized carbons (Fsp3) is 0.710. The second-order valence-electron chi connectivity index (χ2n) is 11.6. The van der Waals surface area contributed by atoms with E-state index in [1.54, 1.807) is 25.7 Å². The largest absolute Gasteiger partial charge is 0.444 e. The lowest BCUT2D eigenvalue weighted by molar-refractivity contribution is -0.143. The normalized spacial score (nSPS) is 13.1. The van der Waals surface area contributed by atoms with Gasteiger partial charge in [-0.15, -0.1) is 0 Å². The van der Waals surface area contributed by atoms with Gasteiger partial charge in [0.05, 0.1) is 0 Å². The molecule has 0 saturated heterocycles. The van der Waals surface area contributed by atoms with Gasteiger partial charge in [0.15, 0.2) is 0 Å². The molecule has 1 aromatic carbocycles. The summed E-state index contributed by atoms with van der Waals surface area (Å²) < 4.78 is 5.46. The van der Waals surface area contributed by atoms with E-state index in [1.807, 2.05) is 45.0 Å². The third kappa shape index (κ3) is 12.3. The number of benzene rings is 1. The summed E-state index contributed by atoms with van der Waals surface area (Å²) >= 11 is 0. The van der Waals surface area contributed by atoms with Crippen molar-refractivity contribution in [1.29, 1.82) is 0 Å². The Kier molecular flexibility index (Phi) is 15.1. The maximum absolute atomic E-state index is 14.2. The Morgan fingerprint density at radius 2 is 1.58 bits per heavy atom. The summed E-state index contributed by atoms with van der Waals surface area (Å²) in [5, 5.41) is 5.87. The van der Waals surface area contributed by atoms with Crippen LogP contribution in [-0.2, 0) is 14.3 Å². The van der Waals surface area contributed by atoms with Crippen molar-refractivity contribution < 1.29 is 19.1 Å². The number of nitrogens with zero attached hydrogens (tertiary/aromatic N) is 1. The first-order valence-corrected chi connectivity index (χ1v) is 14.6. The van der Waals surface area contributed by atoms with E-state index in [0.29, 0.717) is 13.1 Å². The Morgan fingerprint density at radius 3 is 2.16 bits per heavy atom. The summed E-state index contributed by atoms with van der Waals surface area (Å²) in [6.45, 7) is 16.4. The molecular weight excluding hydrogens is 478 g/mol. The maximum atomic E-state index is 14.2. The summed E-state index contributed by atoms with van der Waals surface area (Å²) in [7, 11) is 0. The quantitative estimate of drug-likeness (QED) is 0.233. The van der Waals surface area contributed by atoms with Crippen LogP contribution in [0.2, 0.25) is 0 Å². The molecule has 0 fully saturated rings. The van der Waals surface area contributed by atoms with E-state index in [0.717, 1.165) is 62.5 Å². The fourth-order valence-electron chi connectivity index (χ4n) is 4.38. The van der Waals surface area contributed by atoms with Crippen LogP contribution in [0.3, 0.4) is 0 Å². The lowest BCUT2D eigenvalue weighted by Gasteiger charge is -2.36. The minimum Gasteiger partial charge on any atom is -0.444 e. The second-order valence-corrected chi connectivity index (χ2v) is 11.6. The molecule has 2 unspecified atom stereocenters. The number of carbonyl (C=O) groups is 3. The minimum absolute atomic E-state index is 0.187. The topological polar surface area (TPSA) is 87.7 Å². The molecule has 38 heavy (non-hydrogen) atoms. The van der Waals surface area contributed by atoms with E-state index in [9.17, 15) is 14.4 Å². The van der Waals surface area contributed by atoms with Gasteiger partial charge in [-0.1, -0.05) is 96.0 Å². The van der Waals surface area contributed by atoms with Gasteiger partial charge in [-0.2, -0.15) is 0 Å². The maximum Gasteiger partial charge on any atom is 0.408 e. The van der Waals surface area contributed by atoms with Gasteiger partial charge in [0.1, 0.15) is 17.7 Å². The molecule has 0 spiro atoms. The average molecular weight is 532 g/mol. The standard InChI is InChI=1S/C31H53N3O4/c1-9-11-13-14-16-21-34(29(36)26(23(3)4)33-30(37)38-31(6,7)8)27(25-19-17-18-24(5)22-25)28(35)32-20-15-12-10-2/h17-19,22-23,26-27H,9-16,20-21H2,1-8H3,(H,32,35)(H,33,37). The first kappa shape index (κ1) is 33.5. The van der Waals surface area contributed by atoms with Crippen LogP contribution in [0, 0.1) is 12.8 Å². The molecule has 2 atom stereocenters. The molecule has 0 aliphatic heterocycles. The van der Waals surface area contributed by atoms with Crippen molar-refractivity contribution in [2.75, 3.05) is 13.1 Å². The van der Waals surface area contributed by atoms with Crippen LogP contribution in [0.25, 0.3) is 0 Å². The highest BCUT2D eigenvalue weighted by Gasteiger charge is 2.37. The number of ether oxygens (including phenoxy) is 1. The van der Waals surface area contributed by atoms with Gasteiger partial charge in [0, 0.05) is 13.1 Å². The van der Waals surface area contributed by atoms with Crippen molar-refractivity contribution in [3.8, 4) is 0 Å². The molecule has 1 rings (SSSR count). The summed E-state index contributed by atoms with van der Waals surface area (Å²) in [4.78, 5) is 42.2. The molecule has 1 aromatic rings. The van der Waals surface area contributed by atoms with Gasteiger partial charge >= 0.3 is 6.09 Å². The fourth-order valence-corrected chi connectivity index (χ4v) is 4.38. The summed E-state index contributed by atoms with van der Waals surface area (Å²) in [6, 6.07) is 6.19. The highest BCUT2D eigenvalue weighted by atomic mass is 16.6. The van der Waals surface area contributed by atoms with Gasteiger partial charge < -0.3 is 20.3 Å². The van der Waals surface area contributed by atoms with Gasteiger partial charge in [-0.3, -0.25) is 9.59 Å². The van der Waals surface area contributed by atoms with Crippen LogP contribution >= 0.6 is 0 Å². The van der Waals surface area contributed by atoms with Crippen LogP contribution in [-0.4, -0.2) is 47.5 Å². The monoisotopic (exact) mass is 531 g/mol. The van der Waals surface area contributed by atoms with Crippen LogP contribution in [0.15, 0.2) is 24.3 Å². The van der Waals surface area contributed by atoms with Gasteiger partial charge in [-0.05, 0) is 52.0 Å². The first-order valence-electron chi connectivity index (χ1n) is 14.6. The van der Waals surface area contributed by atoms with E-state index < -0.39 is 23.8 Å². The Balaban J connectivity index is 3.38. The lowest BCUT2D eigenvalue weighted by Crippen LogP contribution is -2.55. The Hall–Kier alpha value is -2.57. The molecule has 0 bridgehead atoms. The van der Waals surface area contributed by atoms with Crippen molar-refractivity contribution in [3.63, 3.8) is 0 Å². The Morgan fingerprint density at radius 1 is 0.947 bits per heavy atom. The zero-order chi connectivity index (χ0) is 28.7. The zero-order valence-electron chi connectivity index (χ0n) is 25.2. The van der Waals surface area contributed by atoms with Crippen molar-refractivity contribution in [2.45, 2.75) is 124 Å². The molecule has 0 aromatic heterocycles. The molecule has 0 radical (unpaired) electrons. The SMILES string of the molecule is CCCCCCCN(C(=O)C(NC(=O)OC(C)(C)C)C(C)C)C(C(=O)NCCCCC)c1cccc(C)c1. The summed E-state index contributed by atoms with van der Waals surface area (Å²) in [5.41, 5.74) is 1.12. The molecule has 2 N–H and O–H groups in total. The van der Waals surface area contributed by atoms with Crippen LogP contribution in [0.4, 0.5) is 4.79 Å². The van der Waals surface area contributed by atoms with Crippen molar-refractivity contribution in [2.24, 2.45) is 5.92 Å². The highest BCUT2D eigenvalue weighted by molar-refractivity contribution is 5.92. The number of hydrogen-bond acceptors (Lipinski definition) is 4. The molecule has 7 heteroatoms. The van der Waals surface area contributed by atoms with Crippen LogP contribution in [0.5, 0.6) is 0 Å². The predicted octanol–water partition coefficient (Wildman–Crippen LogP) is 6.69. The molecule has 0 saturated carbocycles. The van der Waals surface area contributed by atoms with Gasteiger partial charge in [-0.25, -0.2) is 4.79 Å². The third-order valence-corrected chi connectivity index (χ3v) is 6.39. The molecule has 0 heterocycles. The Labute approximate surface area is 231 Å². The first-order chi connectivity index (χ1) is 17.9. The minimum atomic E-state index is -0.819. The van der Waals surface area contributed by atoms with E-state index in [1.165, 1.54) is 0 Å². The van der Waals surface area contributed by atoms with E-state index in [2.05, 4.69) is 24.5 Å². The lowest BCUT2D eigenvalue weighted by atomic mass is 9.97. The van der Waals surface area contributed by atoms with Crippen LogP contribution < -0.4 is 10.6 Å². The molecular formula is C31H53N3O4. The summed E-state index contributed by atoms with van der Waals surface area (Å²) in [6.07, 6.45) is 7.46. The van der Waals surface area contributed by atoms with Gasteiger partial charge in [0.2, 0.25) is 11.8 Å². The molecule has 0 aliphatic carbocycles. The van der Waals surface area contributed by atoms with E-state index in [-0.39, 0.29) is 17.7 Å². The van der Waals surface area contributed by atoms with Gasteiger partial charge in [0.25, 0.3) is 0 Å². The number of hydrogen-bond donors (Lipinski definition) is 2. The highest BCUT2D eigenvalue weighted by Crippen LogP contribution is 2.26. The second kappa shape index (κ2) is 17.1. The van der Waals surface area contributed by atoms with Crippen molar-refractivity contribution >= 4 is 17.9 Å². The number of aryl methyl sites for hydroxylation is 1.